The summed E-state index contributed by atoms with van der Waals surface area (Å²) >= 11 is 0. The largest absolute Gasteiger partial charge is 0.0804 e. The van der Waals surface area contributed by atoms with Crippen LogP contribution in [0.5, 0.6) is 0 Å². The van der Waals surface area contributed by atoms with Gasteiger partial charge in [0.25, 0.3) is 0 Å². The van der Waals surface area contributed by atoms with Gasteiger partial charge in [-0.3, -0.25) is 0 Å². The van der Waals surface area contributed by atoms with Crippen LogP contribution in [0.25, 0.3) is 0 Å². The minimum atomic E-state index is 0.602. The first-order valence-electron chi connectivity index (χ1n) is 5.33. The van der Waals surface area contributed by atoms with Crippen LogP contribution in [0.3, 0.4) is 0 Å². The lowest BCUT2D eigenvalue weighted by Crippen LogP contribution is -2.03. The molecule has 74 valence electrons. The second-order valence-electron chi connectivity index (χ2n) is 4.42. The molecule has 0 aromatic heterocycles. The van der Waals surface area contributed by atoms with Gasteiger partial charge in [0.15, 0.2) is 0 Å². The van der Waals surface area contributed by atoms with E-state index in [1.807, 2.05) is 0 Å². The van der Waals surface area contributed by atoms with Crippen molar-refractivity contribution in [3.8, 4) is 0 Å². The summed E-state index contributed by atoms with van der Waals surface area (Å²) in [5.41, 5.74) is 7.67. The highest BCUT2D eigenvalue weighted by molar-refractivity contribution is 5.52. The van der Waals surface area contributed by atoms with Crippen molar-refractivity contribution in [1.82, 2.24) is 0 Å². The fourth-order valence-corrected chi connectivity index (χ4v) is 2.58. The van der Waals surface area contributed by atoms with E-state index in [9.17, 15) is 0 Å². The van der Waals surface area contributed by atoms with Crippen LogP contribution in [0.2, 0.25) is 0 Å². The van der Waals surface area contributed by atoms with Gasteiger partial charge in [-0.25, -0.2) is 0 Å². The molecule has 0 radical (unpaired) electrons. The molecule has 0 N–H and O–H groups in total. The second-order valence-corrected chi connectivity index (χ2v) is 4.42. The molecule has 2 rings (SSSR count). The van der Waals surface area contributed by atoms with Gasteiger partial charge in [-0.05, 0) is 45.3 Å². The summed E-state index contributed by atoms with van der Waals surface area (Å²) in [7, 11) is 0. The predicted molar refractivity (Wildman–Crippen MR) is 62.1 cm³/mol. The number of hydrogen-bond donors (Lipinski definition) is 0. The van der Waals surface area contributed by atoms with Crippen molar-refractivity contribution >= 4 is 0 Å². The van der Waals surface area contributed by atoms with Gasteiger partial charge in [-0.1, -0.05) is 34.9 Å². The number of hydrogen-bond acceptors (Lipinski definition) is 0. The Hall–Kier alpha value is -1.04. The Balaban J connectivity index is 2.39. The Morgan fingerprint density at radius 1 is 1.00 bits per heavy atom. The van der Waals surface area contributed by atoms with E-state index in [1.165, 1.54) is 11.1 Å². The topological polar surface area (TPSA) is 0 Å². The normalized spacial score (nSPS) is 22.7. The summed E-state index contributed by atoms with van der Waals surface area (Å²) in [5.74, 6) is 0.602. The van der Waals surface area contributed by atoms with Crippen molar-refractivity contribution in [1.29, 1.82) is 0 Å². The summed E-state index contributed by atoms with van der Waals surface area (Å²) in [6, 6.07) is 0. The van der Waals surface area contributed by atoms with E-state index in [0.29, 0.717) is 5.92 Å². The van der Waals surface area contributed by atoms with Crippen molar-refractivity contribution in [2.24, 2.45) is 5.92 Å². The summed E-state index contributed by atoms with van der Waals surface area (Å²) in [6.07, 6.45) is 7.85. The molecule has 0 atom stereocenters. The quantitative estimate of drug-likeness (QED) is 0.576. The Morgan fingerprint density at radius 2 is 1.57 bits per heavy atom. The molecule has 0 unspecified atom stereocenters. The SMILES string of the molecule is CC1=C(C)C(C2=CC=CC2)C(C)=C1C. The van der Waals surface area contributed by atoms with Gasteiger partial charge in [0, 0.05) is 5.92 Å². The fraction of sp³-hybridized carbons (Fsp3) is 0.429. The second kappa shape index (κ2) is 3.27. The van der Waals surface area contributed by atoms with Gasteiger partial charge < -0.3 is 0 Å². The van der Waals surface area contributed by atoms with Crippen LogP contribution in [-0.4, -0.2) is 0 Å². The monoisotopic (exact) mass is 186 g/mol. The van der Waals surface area contributed by atoms with E-state index in [1.54, 1.807) is 16.7 Å². The number of allylic oxidation sites excluding steroid dienone is 8. The van der Waals surface area contributed by atoms with Crippen molar-refractivity contribution in [3.05, 3.63) is 46.1 Å². The Bertz CT molecular complexity index is 362. The lowest BCUT2D eigenvalue weighted by molar-refractivity contribution is 0.824. The average molecular weight is 186 g/mol. The molecule has 0 saturated carbocycles. The maximum absolute atomic E-state index is 2.28. The van der Waals surface area contributed by atoms with Crippen molar-refractivity contribution in [3.63, 3.8) is 0 Å². The third kappa shape index (κ3) is 1.21. The van der Waals surface area contributed by atoms with Crippen LogP contribution in [0.1, 0.15) is 34.1 Å². The van der Waals surface area contributed by atoms with E-state index in [0.717, 1.165) is 6.42 Å². The van der Waals surface area contributed by atoms with Gasteiger partial charge in [-0.15, -0.1) is 0 Å². The molecular formula is C14H18. The fourth-order valence-electron chi connectivity index (χ4n) is 2.58. The first kappa shape index (κ1) is 9.51. The van der Waals surface area contributed by atoms with Crippen molar-refractivity contribution < 1.29 is 0 Å². The molecule has 2 aliphatic carbocycles. The molecule has 0 spiro atoms. The first-order valence-corrected chi connectivity index (χ1v) is 5.33. The van der Waals surface area contributed by atoms with Crippen molar-refractivity contribution in [2.75, 3.05) is 0 Å². The maximum Gasteiger partial charge on any atom is 0.0229 e. The summed E-state index contributed by atoms with van der Waals surface area (Å²) in [6.45, 7) is 9.05. The first-order chi connectivity index (χ1) is 6.63. The van der Waals surface area contributed by atoms with Crippen LogP contribution in [-0.2, 0) is 0 Å². The maximum atomic E-state index is 2.28. The minimum absolute atomic E-state index is 0.602. The smallest absolute Gasteiger partial charge is 0.0229 e. The standard InChI is InChI=1S/C14H18/c1-9-10(2)12(4)14(11(9)3)13-7-5-6-8-13/h5-7,14H,8H2,1-4H3. The molecule has 2 aliphatic rings. The molecule has 0 saturated heterocycles. The minimum Gasteiger partial charge on any atom is -0.0804 e. The van der Waals surface area contributed by atoms with E-state index >= 15 is 0 Å². The van der Waals surface area contributed by atoms with Crippen molar-refractivity contribution in [2.45, 2.75) is 34.1 Å². The summed E-state index contributed by atoms with van der Waals surface area (Å²) < 4.78 is 0. The van der Waals surface area contributed by atoms with E-state index < -0.39 is 0 Å². The van der Waals surface area contributed by atoms with Crippen LogP contribution in [0, 0.1) is 5.92 Å². The molecule has 0 amide bonds. The molecule has 0 aromatic carbocycles. The predicted octanol–water partition coefficient (Wildman–Crippen LogP) is 4.18. The highest BCUT2D eigenvalue weighted by atomic mass is 14.3. The zero-order valence-electron chi connectivity index (χ0n) is 9.52. The van der Waals surface area contributed by atoms with E-state index in [4.69, 9.17) is 0 Å². The van der Waals surface area contributed by atoms with Crippen LogP contribution in [0.4, 0.5) is 0 Å². The summed E-state index contributed by atoms with van der Waals surface area (Å²) in [5, 5.41) is 0. The van der Waals surface area contributed by atoms with Gasteiger partial charge in [0.1, 0.15) is 0 Å². The third-order valence-electron chi connectivity index (χ3n) is 3.78. The molecule has 0 heterocycles. The highest BCUT2D eigenvalue weighted by Gasteiger charge is 2.27. The molecule has 0 aliphatic heterocycles. The molecule has 0 aromatic rings. The average Bonchev–Trinajstić information content (AvgIpc) is 2.73. The Kier molecular flexibility index (Phi) is 2.22. The van der Waals surface area contributed by atoms with Gasteiger partial charge in [0.05, 0.1) is 0 Å². The Labute approximate surface area is 86.7 Å². The molecule has 0 bridgehead atoms. The molecule has 0 nitrogen and oxygen atoms in total. The summed E-state index contributed by atoms with van der Waals surface area (Å²) in [4.78, 5) is 0. The lowest BCUT2D eigenvalue weighted by atomic mass is 9.88. The molecule has 14 heavy (non-hydrogen) atoms. The zero-order valence-corrected chi connectivity index (χ0v) is 9.52. The zero-order chi connectivity index (χ0) is 10.3. The highest BCUT2D eigenvalue weighted by Crippen LogP contribution is 2.42. The van der Waals surface area contributed by atoms with Gasteiger partial charge >= 0.3 is 0 Å². The number of rotatable bonds is 1. The van der Waals surface area contributed by atoms with E-state index in [2.05, 4.69) is 45.9 Å². The molecule has 0 heteroatoms. The van der Waals surface area contributed by atoms with Crippen LogP contribution < -0.4 is 0 Å². The molecular weight excluding hydrogens is 168 g/mol. The molecule has 0 fully saturated rings. The van der Waals surface area contributed by atoms with Gasteiger partial charge in [0.2, 0.25) is 0 Å². The Morgan fingerprint density at radius 3 is 2.00 bits per heavy atom. The van der Waals surface area contributed by atoms with Crippen LogP contribution >= 0.6 is 0 Å². The third-order valence-corrected chi connectivity index (χ3v) is 3.78. The van der Waals surface area contributed by atoms with E-state index in [-0.39, 0.29) is 0 Å². The lowest BCUT2D eigenvalue weighted by Gasteiger charge is -2.16. The van der Waals surface area contributed by atoms with Crippen LogP contribution in [0.15, 0.2) is 46.1 Å². The van der Waals surface area contributed by atoms with Gasteiger partial charge in [-0.2, -0.15) is 0 Å².